The molecule has 2 fully saturated rings. The fraction of sp³-hybridized carbons (Fsp3) is 0.688. The first-order valence-electron chi connectivity index (χ1n) is 8.78. The van der Waals surface area contributed by atoms with Crippen LogP contribution in [-0.2, 0) is 22.1 Å². The fourth-order valence-corrected chi connectivity index (χ4v) is 4.89. The number of esters is 1. The van der Waals surface area contributed by atoms with Crippen molar-refractivity contribution in [2.75, 3.05) is 12.4 Å². The molecule has 0 spiro atoms. The molecule has 1 aromatic rings. The Hall–Kier alpha value is -1.91. The minimum absolute atomic E-state index is 0.0182. The molecule has 27 heavy (non-hydrogen) atoms. The van der Waals surface area contributed by atoms with Gasteiger partial charge in [-0.15, -0.1) is 0 Å². The number of alkyl halides is 3. The second-order valence-corrected chi connectivity index (χ2v) is 7.88. The lowest BCUT2D eigenvalue weighted by Gasteiger charge is -2.16. The van der Waals surface area contributed by atoms with Crippen LogP contribution in [0.25, 0.3) is 0 Å². The highest BCUT2D eigenvalue weighted by molar-refractivity contribution is 8.00. The molecular formula is C16H21F3N4O3S. The molecule has 3 heterocycles. The number of hydrogen-bond donors (Lipinski definition) is 3. The van der Waals surface area contributed by atoms with E-state index in [0.717, 1.165) is 24.8 Å². The lowest BCUT2D eigenvalue weighted by Crippen LogP contribution is -2.36. The van der Waals surface area contributed by atoms with E-state index in [0.29, 0.717) is 11.7 Å². The molecule has 11 heteroatoms. The van der Waals surface area contributed by atoms with Gasteiger partial charge in [0.25, 0.3) is 0 Å². The van der Waals surface area contributed by atoms with Crippen LogP contribution in [-0.4, -0.2) is 51.9 Å². The van der Waals surface area contributed by atoms with E-state index in [1.54, 1.807) is 0 Å². The van der Waals surface area contributed by atoms with E-state index in [2.05, 4.69) is 15.7 Å². The molecule has 0 radical (unpaired) electrons. The molecule has 7 nitrogen and oxygen atoms in total. The summed E-state index contributed by atoms with van der Waals surface area (Å²) in [5.74, 6) is 0.476. The number of thioether (sulfide) groups is 1. The van der Waals surface area contributed by atoms with Crippen LogP contribution in [0.5, 0.6) is 0 Å². The van der Waals surface area contributed by atoms with Gasteiger partial charge in [-0.25, -0.2) is 4.79 Å². The third-order valence-corrected chi connectivity index (χ3v) is 6.20. The summed E-state index contributed by atoms with van der Waals surface area (Å²) in [6.07, 6.45) is -0.842. The molecule has 1 aromatic heterocycles. The Morgan fingerprint density at radius 3 is 2.93 bits per heavy atom. The van der Waals surface area contributed by atoms with Crippen LogP contribution in [0.1, 0.15) is 36.9 Å². The monoisotopic (exact) mass is 406 g/mol. The SMILES string of the molecule is O=C1N[C@H]2[C@@H](CS[C@@H]2CCCCC(=O)OCCc2cn[nH]c2C(F)(F)F)N1. The Labute approximate surface area is 158 Å². The number of fused-ring (bicyclic) bond motifs is 1. The molecule has 2 saturated heterocycles. The average Bonchev–Trinajstić information content (AvgIpc) is 3.27. The number of nitrogens with one attached hydrogen (secondary N) is 3. The van der Waals surface area contributed by atoms with Crippen molar-refractivity contribution in [1.29, 1.82) is 0 Å². The third kappa shape index (κ3) is 5.08. The molecule has 0 aromatic carbocycles. The number of amides is 2. The maximum absolute atomic E-state index is 12.7. The molecule has 0 saturated carbocycles. The number of halogens is 3. The highest BCUT2D eigenvalue weighted by Crippen LogP contribution is 2.33. The lowest BCUT2D eigenvalue weighted by atomic mass is 10.0. The topological polar surface area (TPSA) is 96.1 Å². The number of ether oxygens (including phenoxy) is 1. The molecule has 150 valence electrons. The largest absolute Gasteiger partial charge is 0.465 e. The van der Waals surface area contributed by atoms with Crippen LogP contribution < -0.4 is 10.6 Å². The van der Waals surface area contributed by atoms with Crippen molar-refractivity contribution in [2.24, 2.45) is 0 Å². The number of rotatable bonds is 8. The van der Waals surface area contributed by atoms with Crippen molar-refractivity contribution in [3.8, 4) is 0 Å². The Morgan fingerprint density at radius 2 is 2.15 bits per heavy atom. The number of H-pyrrole nitrogens is 1. The van der Waals surface area contributed by atoms with Crippen LogP contribution in [0.4, 0.5) is 18.0 Å². The van der Waals surface area contributed by atoms with Gasteiger partial charge >= 0.3 is 18.2 Å². The first-order chi connectivity index (χ1) is 12.8. The molecule has 2 aliphatic rings. The Balaban J connectivity index is 1.29. The third-order valence-electron chi connectivity index (χ3n) is 4.69. The summed E-state index contributed by atoms with van der Waals surface area (Å²) in [6, 6.07) is 0.208. The minimum Gasteiger partial charge on any atom is -0.465 e. The number of aromatic amines is 1. The van der Waals surface area contributed by atoms with E-state index in [-0.39, 0.29) is 43.1 Å². The highest BCUT2D eigenvalue weighted by Gasteiger charge is 2.42. The quantitative estimate of drug-likeness (QED) is 0.350. The van der Waals surface area contributed by atoms with Crippen LogP contribution >= 0.6 is 11.8 Å². The Bertz CT molecular complexity index is 682. The van der Waals surface area contributed by atoms with Crippen molar-refractivity contribution in [3.63, 3.8) is 0 Å². The number of nitrogens with zero attached hydrogens (tertiary/aromatic N) is 1. The molecule has 3 atom stereocenters. The zero-order valence-electron chi connectivity index (χ0n) is 14.5. The number of carbonyl (C=O) groups excluding carboxylic acids is 2. The second kappa shape index (κ2) is 8.41. The standard InChI is InChI=1S/C16H21F3N4O3S/c17-16(18,19)14-9(7-20-23-14)5-6-26-12(24)4-2-1-3-11-13-10(8-27-11)21-15(25)22-13/h7,10-11,13H,1-6,8H2,(H,20,23)(H2,21,22,25)/t10-,11-,13+/m1/s1. The van der Waals surface area contributed by atoms with Crippen LogP contribution in [0, 0.1) is 0 Å². The fourth-order valence-electron chi connectivity index (χ4n) is 3.35. The molecule has 2 aliphatic heterocycles. The lowest BCUT2D eigenvalue weighted by molar-refractivity contribution is -0.143. The highest BCUT2D eigenvalue weighted by atomic mass is 32.2. The molecule has 0 bridgehead atoms. The summed E-state index contributed by atoms with van der Waals surface area (Å²) in [5.41, 5.74) is -0.922. The minimum atomic E-state index is -4.50. The molecule has 0 unspecified atom stereocenters. The summed E-state index contributed by atoms with van der Waals surface area (Å²) < 4.78 is 43.1. The van der Waals surface area contributed by atoms with Gasteiger partial charge in [-0.1, -0.05) is 6.42 Å². The number of aromatic nitrogens is 2. The normalized spacial score (nSPS) is 24.4. The van der Waals surface area contributed by atoms with Gasteiger partial charge in [-0.2, -0.15) is 30.0 Å². The molecule has 3 rings (SSSR count). The van der Waals surface area contributed by atoms with Crippen LogP contribution in [0.3, 0.4) is 0 Å². The summed E-state index contributed by atoms with van der Waals surface area (Å²) in [5, 5.41) is 11.5. The van der Waals surface area contributed by atoms with Gasteiger partial charge in [0.2, 0.25) is 0 Å². The summed E-state index contributed by atoms with van der Waals surface area (Å²) in [7, 11) is 0. The molecular weight excluding hydrogens is 385 g/mol. The van der Waals surface area contributed by atoms with Gasteiger partial charge in [0.05, 0.1) is 24.9 Å². The van der Waals surface area contributed by atoms with Crippen molar-refractivity contribution in [3.05, 3.63) is 17.5 Å². The first kappa shape index (κ1) is 19.8. The van der Waals surface area contributed by atoms with Crippen molar-refractivity contribution < 1.29 is 27.5 Å². The van der Waals surface area contributed by atoms with E-state index in [4.69, 9.17) is 4.74 Å². The van der Waals surface area contributed by atoms with Crippen molar-refractivity contribution >= 4 is 23.8 Å². The number of carbonyl (C=O) groups is 2. The number of unbranched alkanes of at least 4 members (excludes halogenated alkanes) is 1. The van der Waals surface area contributed by atoms with E-state index in [1.165, 1.54) is 0 Å². The summed E-state index contributed by atoms with van der Waals surface area (Å²) in [6.45, 7) is -0.110. The van der Waals surface area contributed by atoms with Gasteiger partial charge < -0.3 is 15.4 Å². The van der Waals surface area contributed by atoms with Gasteiger partial charge in [-0.3, -0.25) is 9.89 Å². The average molecular weight is 406 g/mol. The van der Waals surface area contributed by atoms with Crippen LogP contribution in [0.15, 0.2) is 6.20 Å². The van der Waals surface area contributed by atoms with Gasteiger partial charge in [0, 0.05) is 29.4 Å². The molecule has 0 aliphatic carbocycles. The Kier molecular flexibility index (Phi) is 6.18. The van der Waals surface area contributed by atoms with Gasteiger partial charge in [-0.05, 0) is 12.8 Å². The summed E-state index contributed by atoms with van der Waals surface area (Å²) in [4.78, 5) is 23.1. The smallest absolute Gasteiger partial charge is 0.433 e. The van der Waals surface area contributed by atoms with Gasteiger partial charge in [0.15, 0.2) is 0 Å². The Morgan fingerprint density at radius 1 is 1.33 bits per heavy atom. The number of urea groups is 1. The zero-order valence-corrected chi connectivity index (χ0v) is 15.3. The van der Waals surface area contributed by atoms with E-state index < -0.39 is 17.8 Å². The maximum atomic E-state index is 12.7. The molecule has 2 amide bonds. The predicted molar refractivity (Wildman–Crippen MR) is 92.2 cm³/mol. The summed E-state index contributed by atoms with van der Waals surface area (Å²) >= 11 is 1.82. The maximum Gasteiger partial charge on any atom is 0.433 e. The number of hydrogen-bond acceptors (Lipinski definition) is 5. The molecule has 3 N–H and O–H groups in total. The zero-order chi connectivity index (χ0) is 19.4. The van der Waals surface area contributed by atoms with Crippen LogP contribution in [0.2, 0.25) is 0 Å². The second-order valence-electron chi connectivity index (χ2n) is 6.61. The van der Waals surface area contributed by atoms with Crippen molar-refractivity contribution in [2.45, 2.75) is 55.6 Å². The van der Waals surface area contributed by atoms with Gasteiger partial charge in [0.1, 0.15) is 5.69 Å². The van der Waals surface area contributed by atoms with E-state index in [9.17, 15) is 22.8 Å². The van der Waals surface area contributed by atoms with E-state index in [1.807, 2.05) is 16.9 Å². The van der Waals surface area contributed by atoms with E-state index >= 15 is 0 Å². The van der Waals surface area contributed by atoms with Crippen molar-refractivity contribution in [1.82, 2.24) is 20.8 Å². The first-order valence-corrected chi connectivity index (χ1v) is 9.83. The predicted octanol–water partition coefficient (Wildman–Crippen LogP) is 2.24.